The van der Waals surface area contributed by atoms with Crippen molar-refractivity contribution in [2.75, 3.05) is 6.61 Å². The first-order valence-corrected chi connectivity index (χ1v) is 8.89. The van der Waals surface area contributed by atoms with Crippen LogP contribution in [0.1, 0.15) is 41.0 Å². The van der Waals surface area contributed by atoms with Gasteiger partial charge in [0.1, 0.15) is 12.2 Å². The normalized spacial score (nSPS) is 44.2. The molecule has 0 aromatic heterocycles. The van der Waals surface area contributed by atoms with E-state index in [4.69, 9.17) is 9.47 Å². The molecule has 0 radical (unpaired) electrons. The average Bonchev–Trinajstić information content (AvgIpc) is 3.19. The van der Waals surface area contributed by atoms with E-state index in [-0.39, 0.29) is 29.3 Å². The van der Waals surface area contributed by atoms with Gasteiger partial charge in [-0.25, -0.2) is 0 Å². The highest BCUT2D eigenvalue weighted by atomic mass is 16.7. The molecule has 3 fully saturated rings. The number of aliphatic hydroxyl groups excluding tert-OH is 2. The minimum absolute atomic E-state index is 0.163. The topological polar surface area (TPSA) is 96.4 Å². The number of hydrogen-bond donors (Lipinski definition) is 2. The van der Waals surface area contributed by atoms with Crippen molar-refractivity contribution in [2.24, 2.45) is 23.2 Å². The Morgan fingerprint density at radius 3 is 2.56 bits per heavy atom. The molecule has 0 aromatic carbocycles. The van der Waals surface area contributed by atoms with E-state index in [9.17, 15) is 19.8 Å². The van der Waals surface area contributed by atoms with Gasteiger partial charge >= 0.3 is 5.97 Å². The van der Waals surface area contributed by atoms with Crippen LogP contribution < -0.4 is 0 Å². The number of epoxide rings is 1. The van der Waals surface area contributed by atoms with E-state index in [0.29, 0.717) is 6.42 Å². The Morgan fingerprint density at radius 1 is 1.44 bits per heavy atom. The number of hydrogen-bond acceptors (Lipinski definition) is 6. The monoisotopic (exact) mass is 352 g/mol. The zero-order valence-corrected chi connectivity index (χ0v) is 15.5. The molecule has 2 aliphatic carbocycles. The third-order valence-electron chi connectivity index (χ3n) is 6.37. The second-order valence-electron chi connectivity index (χ2n) is 8.78. The van der Waals surface area contributed by atoms with Gasteiger partial charge in [-0.05, 0) is 17.9 Å². The summed E-state index contributed by atoms with van der Waals surface area (Å²) in [6.45, 7) is 12.7. The van der Waals surface area contributed by atoms with Crippen molar-refractivity contribution in [3.63, 3.8) is 0 Å². The van der Waals surface area contributed by atoms with Gasteiger partial charge < -0.3 is 19.7 Å². The van der Waals surface area contributed by atoms with E-state index < -0.39 is 41.2 Å². The number of carbonyl (C=O) groups is 2. The lowest BCUT2D eigenvalue weighted by Crippen LogP contribution is -2.58. The van der Waals surface area contributed by atoms with Crippen molar-refractivity contribution in [2.45, 2.75) is 64.4 Å². The summed E-state index contributed by atoms with van der Waals surface area (Å²) in [5.41, 5.74) is -2.72. The van der Waals surface area contributed by atoms with Crippen LogP contribution in [0.25, 0.3) is 0 Å². The van der Waals surface area contributed by atoms with Crippen molar-refractivity contribution in [1.82, 2.24) is 0 Å². The fourth-order valence-corrected chi connectivity index (χ4v) is 5.02. The van der Waals surface area contributed by atoms with E-state index in [1.165, 1.54) is 0 Å². The minimum Gasteiger partial charge on any atom is -0.458 e. The summed E-state index contributed by atoms with van der Waals surface area (Å²) >= 11 is 0. The summed E-state index contributed by atoms with van der Waals surface area (Å²) in [4.78, 5) is 25.2. The molecule has 3 rings (SSSR count). The summed E-state index contributed by atoms with van der Waals surface area (Å²) in [6, 6.07) is 0. The van der Waals surface area contributed by atoms with E-state index >= 15 is 0 Å². The first-order valence-electron chi connectivity index (χ1n) is 8.89. The first-order chi connectivity index (χ1) is 11.5. The van der Waals surface area contributed by atoms with E-state index in [1.807, 2.05) is 20.8 Å². The van der Waals surface area contributed by atoms with Crippen molar-refractivity contribution >= 4 is 11.8 Å². The molecule has 0 bridgehead atoms. The first kappa shape index (κ1) is 18.5. The van der Waals surface area contributed by atoms with E-state index in [1.54, 1.807) is 13.8 Å². The molecule has 2 saturated carbocycles. The lowest BCUT2D eigenvalue weighted by atomic mass is 9.64. The van der Waals surface area contributed by atoms with Crippen LogP contribution in [-0.2, 0) is 19.1 Å². The molecule has 0 aromatic rings. The quantitative estimate of drug-likeness (QED) is 0.449. The number of ketones is 1. The van der Waals surface area contributed by atoms with Crippen LogP contribution in [0.3, 0.4) is 0 Å². The van der Waals surface area contributed by atoms with Crippen molar-refractivity contribution < 1.29 is 29.3 Å². The maximum absolute atomic E-state index is 12.9. The number of aliphatic hydroxyl groups is 2. The van der Waals surface area contributed by atoms with Gasteiger partial charge in [-0.1, -0.05) is 41.2 Å². The summed E-state index contributed by atoms with van der Waals surface area (Å²) in [6.07, 6.45) is -1.17. The molecule has 25 heavy (non-hydrogen) atoms. The van der Waals surface area contributed by atoms with Gasteiger partial charge in [-0.2, -0.15) is 0 Å². The average molecular weight is 352 g/mol. The van der Waals surface area contributed by atoms with Gasteiger partial charge in [0.15, 0.2) is 11.2 Å². The SMILES string of the molecule is C=C(CO)C12OC13C(CC(C)(C)C3OC(=O)C(C)C)C(C)C(O)C2=O. The molecular weight excluding hydrogens is 324 g/mol. The van der Waals surface area contributed by atoms with Gasteiger partial charge in [0.05, 0.1) is 12.5 Å². The van der Waals surface area contributed by atoms with Gasteiger partial charge in [0.25, 0.3) is 0 Å². The highest BCUT2D eigenvalue weighted by molar-refractivity contribution is 6.00. The Hall–Kier alpha value is -1.24. The molecule has 1 saturated heterocycles. The van der Waals surface area contributed by atoms with Gasteiger partial charge in [-0.3, -0.25) is 9.59 Å². The smallest absolute Gasteiger partial charge is 0.308 e. The van der Waals surface area contributed by atoms with Crippen LogP contribution in [0.4, 0.5) is 0 Å². The molecule has 1 aliphatic heterocycles. The van der Waals surface area contributed by atoms with Gasteiger partial charge in [-0.15, -0.1) is 0 Å². The molecule has 2 N–H and O–H groups in total. The zero-order chi connectivity index (χ0) is 18.9. The fraction of sp³-hybridized carbons (Fsp3) is 0.789. The van der Waals surface area contributed by atoms with Crippen LogP contribution in [0.15, 0.2) is 12.2 Å². The zero-order valence-electron chi connectivity index (χ0n) is 15.5. The largest absolute Gasteiger partial charge is 0.458 e. The van der Waals surface area contributed by atoms with Crippen molar-refractivity contribution in [1.29, 1.82) is 0 Å². The third kappa shape index (κ3) is 2.07. The second kappa shape index (κ2) is 5.38. The predicted molar refractivity (Wildman–Crippen MR) is 89.6 cm³/mol. The number of carbonyl (C=O) groups excluding carboxylic acids is 2. The third-order valence-corrected chi connectivity index (χ3v) is 6.37. The highest BCUT2D eigenvalue weighted by Crippen LogP contribution is 2.72. The molecule has 6 nitrogen and oxygen atoms in total. The van der Waals surface area contributed by atoms with Crippen molar-refractivity contribution in [3.8, 4) is 0 Å². The second-order valence-corrected chi connectivity index (χ2v) is 8.78. The lowest BCUT2D eigenvalue weighted by molar-refractivity contribution is -0.162. The molecule has 6 heteroatoms. The summed E-state index contributed by atoms with van der Waals surface area (Å²) in [5, 5.41) is 20.1. The van der Waals surface area contributed by atoms with Gasteiger partial charge in [0, 0.05) is 11.3 Å². The molecular formula is C19H28O6. The molecule has 3 aliphatic rings. The molecule has 6 atom stereocenters. The molecule has 1 heterocycles. The van der Waals surface area contributed by atoms with Crippen LogP contribution in [-0.4, -0.2) is 52.0 Å². The number of esters is 1. The van der Waals surface area contributed by atoms with Crippen LogP contribution in [0.5, 0.6) is 0 Å². The number of Topliss-reactive ketones (excluding diaryl/α,β-unsaturated/α-hetero) is 1. The lowest BCUT2D eigenvalue weighted by Gasteiger charge is -2.37. The highest BCUT2D eigenvalue weighted by Gasteiger charge is 2.89. The van der Waals surface area contributed by atoms with Gasteiger partial charge in [0.2, 0.25) is 5.78 Å². The summed E-state index contributed by atoms with van der Waals surface area (Å²) in [5.74, 6) is -1.63. The summed E-state index contributed by atoms with van der Waals surface area (Å²) in [7, 11) is 0. The van der Waals surface area contributed by atoms with Crippen molar-refractivity contribution in [3.05, 3.63) is 12.2 Å². The van der Waals surface area contributed by atoms with E-state index in [0.717, 1.165) is 0 Å². The summed E-state index contributed by atoms with van der Waals surface area (Å²) < 4.78 is 11.9. The molecule has 6 unspecified atom stereocenters. The maximum atomic E-state index is 12.9. The maximum Gasteiger partial charge on any atom is 0.308 e. The Bertz CT molecular complexity index is 638. The Morgan fingerprint density at radius 2 is 2.04 bits per heavy atom. The Kier molecular flexibility index (Phi) is 3.99. The minimum atomic E-state index is -1.46. The Labute approximate surface area is 148 Å². The fourth-order valence-electron chi connectivity index (χ4n) is 5.02. The van der Waals surface area contributed by atoms with Crippen LogP contribution >= 0.6 is 0 Å². The van der Waals surface area contributed by atoms with Crippen LogP contribution in [0, 0.1) is 23.2 Å². The molecule has 1 spiro atoms. The number of ether oxygens (including phenoxy) is 2. The molecule has 0 amide bonds. The predicted octanol–water partition coefficient (Wildman–Crippen LogP) is 1.24. The van der Waals surface area contributed by atoms with Crippen LogP contribution in [0.2, 0.25) is 0 Å². The van der Waals surface area contributed by atoms with E-state index in [2.05, 4.69) is 6.58 Å². The standard InChI is InChI=1S/C19H28O6/c1-9(2)15(23)24-16-17(5,6)7-12-11(4)13(21)14(22)18(10(3)8-20)19(12,16)25-18/h9,11-13,16,20-21H,3,7-8H2,1-2,4-6H3. The Balaban J connectivity index is 2.11. The molecule has 140 valence electrons. The number of rotatable bonds is 4.